The van der Waals surface area contributed by atoms with Crippen LogP contribution in [0.25, 0.3) is 0 Å². The number of rotatable bonds is 6. The van der Waals surface area contributed by atoms with Crippen molar-refractivity contribution in [2.24, 2.45) is 0 Å². The summed E-state index contributed by atoms with van der Waals surface area (Å²) in [5, 5.41) is 13.7. The van der Waals surface area contributed by atoms with E-state index < -0.39 is 10.8 Å². The van der Waals surface area contributed by atoms with Gasteiger partial charge in [0.1, 0.15) is 0 Å². The molecule has 0 aliphatic rings. The lowest BCUT2D eigenvalue weighted by Gasteiger charge is -2.05. The van der Waals surface area contributed by atoms with E-state index in [2.05, 4.69) is 5.32 Å². The molecule has 0 saturated carbocycles. The lowest BCUT2D eigenvalue weighted by molar-refractivity contribution is -0.385. The number of benzene rings is 1. The van der Waals surface area contributed by atoms with Crippen LogP contribution in [0.4, 0.5) is 5.69 Å². The minimum absolute atomic E-state index is 0.0971. The zero-order valence-electron chi connectivity index (χ0n) is 13.7. The zero-order chi connectivity index (χ0) is 18.7. The first-order chi connectivity index (χ1) is 12.5. The Kier molecular flexibility index (Phi) is 4.94. The van der Waals surface area contributed by atoms with Crippen molar-refractivity contribution in [1.82, 2.24) is 5.32 Å². The summed E-state index contributed by atoms with van der Waals surface area (Å²) in [6.07, 6.45) is 1.43. The number of hydrogen-bond donors (Lipinski definition) is 1. The fourth-order valence-corrected chi connectivity index (χ4v) is 3.23. The molecular formula is C18H14N2O5S. The number of aryl methyl sites for hydroxylation is 1. The number of carbonyl (C=O) groups is 2. The van der Waals surface area contributed by atoms with Gasteiger partial charge in [0.05, 0.1) is 22.6 Å². The monoisotopic (exact) mass is 370 g/mol. The topological polar surface area (TPSA) is 102 Å². The summed E-state index contributed by atoms with van der Waals surface area (Å²) in [5.74, 6) is -0.374. The number of ketones is 1. The van der Waals surface area contributed by atoms with Crippen LogP contribution in [0.5, 0.6) is 0 Å². The molecule has 0 spiro atoms. The molecular weight excluding hydrogens is 356 g/mol. The molecule has 3 rings (SSSR count). The van der Waals surface area contributed by atoms with E-state index in [1.54, 1.807) is 37.3 Å². The van der Waals surface area contributed by atoms with Crippen molar-refractivity contribution >= 4 is 28.7 Å². The lowest BCUT2D eigenvalue weighted by atomic mass is 10.1. The minimum Gasteiger partial charge on any atom is -0.461 e. The quantitative estimate of drug-likeness (QED) is 0.405. The molecule has 0 aliphatic carbocycles. The van der Waals surface area contributed by atoms with Crippen LogP contribution < -0.4 is 5.32 Å². The molecule has 0 saturated heterocycles. The van der Waals surface area contributed by atoms with Crippen molar-refractivity contribution in [2.45, 2.75) is 13.5 Å². The van der Waals surface area contributed by atoms with Crippen molar-refractivity contribution in [1.29, 1.82) is 0 Å². The van der Waals surface area contributed by atoms with Crippen LogP contribution in [0.1, 0.15) is 36.2 Å². The van der Waals surface area contributed by atoms with Gasteiger partial charge in [-0.05, 0) is 37.3 Å². The van der Waals surface area contributed by atoms with E-state index >= 15 is 0 Å². The molecule has 0 radical (unpaired) electrons. The summed E-state index contributed by atoms with van der Waals surface area (Å²) in [5.41, 5.74) is 0.608. The minimum atomic E-state index is -0.516. The number of nitro benzene ring substituents is 1. The summed E-state index contributed by atoms with van der Waals surface area (Å²) in [4.78, 5) is 36.2. The largest absolute Gasteiger partial charge is 0.461 e. The average molecular weight is 370 g/mol. The second-order valence-electron chi connectivity index (χ2n) is 5.51. The van der Waals surface area contributed by atoms with Gasteiger partial charge < -0.3 is 9.73 Å². The van der Waals surface area contributed by atoms with E-state index in [1.165, 1.54) is 29.7 Å². The van der Waals surface area contributed by atoms with Crippen LogP contribution in [-0.4, -0.2) is 16.6 Å². The van der Waals surface area contributed by atoms with Crippen LogP contribution in [0.3, 0.4) is 0 Å². The highest BCUT2D eigenvalue weighted by molar-refractivity contribution is 7.14. The lowest BCUT2D eigenvalue weighted by Crippen LogP contribution is -2.22. The van der Waals surface area contributed by atoms with Gasteiger partial charge in [-0.2, -0.15) is 0 Å². The standard InChI is InChI=1S/C18H14N2O5S/c1-11-4-5-12(9-14(11)20(23)24)18(22)19-10-13-6-7-16(26-13)17(21)15-3-2-8-25-15/h2-9H,10H2,1H3,(H,19,22). The van der Waals surface area contributed by atoms with Crippen LogP contribution in [0.2, 0.25) is 0 Å². The van der Waals surface area contributed by atoms with Gasteiger partial charge in [0.15, 0.2) is 5.76 Å². The Hall–Kier alpha value is -3.26. The number of nitro groups is 1. The number of thiophene rings is 1. The summed E-state index contributed by atoms with van der Waals surface area (Å²) < 4.78 is 5.09. The molecule has 0 bridgehead atoms. The maximum atomic E-state index is 12.2. The second kappa shape index (κ2) is 7.32. The third-order valence-corrected chi connectivity index (χ3v) is 4.81. The molecule has 0 fully saturated rings. The summed E-state index contributed by atoms with van der Waals surface area (Å²) >= 11 is 1.25. The van der Waals surface area contributed by atoms with Gasteiger partial charge in [-0.15, -0.1) is 11.3 Å². The van der Waals surface area contributed by atoms with Crippen molar-refractivity contribution in [3.8, 4) is 0 Å². The van der Waals surface area contributed by atoms with Gasteiger partial charge in [0.25, 0.3) is 11.6 Å². The Morgan fingerprint density at radius 1 is 1.23 bits per heavy atom. The normalized spacial score (nSPS) is 10.5. The first kappa shape index (κ1) is 17.6. The molecule has 1 aromatic carbocycles. The fraction of sp³-hybridized carbons (Fsp3) is 0.111. The number of carbonyl (C=O) groups excluding carboxylic acids is 2. The first-order valence-corrected chi connectivity index (χ1v) is 8.47. The number of hydrogen-bond acceptors (Lipinski definition) is 6. The highest BCUT2D eigenvalue weighted by atomic mass is 32.1. The number of furan rings is 1. The molecule has 0 aliphatic heterocycles. The molecule has 3 aromatic rings. The number of amides is 1. The Balaban J connectivity index is 1.66. The van der Waals surface area contributed by atoms with E-state index in [4.69, 9.17) is 4.42 Å². The van der Waals surface area contributed by atoms with Crippen LogP contribution in [0.15, 0.2) is 53.1 Å². The number of nitrogens with zero attached hydrogens (tertiary/aromatic N) is 1. The van der Waals surface area contributed by atoms with E-state index in [-0.39, 0.29) is 29.3 Å². The number of nitrogens with one attached hydrogen (secondary N) is 1. The smallest absolute Gasteiger partial charge is 0.273 e. The molecule has 0 unspecified atom stereocenters. The van der Waals surface area contributed by atoms with E-state index in [1.807, 2.05) is 0 Å². The van der Waals surface area contributed by atoms with E-state index in [0.29, 0.717) is 10.4 Å². The molecule has 2 aromatic heterocycles. The van der Waals surface area contributed by atoms with Gasteiger partial charge in [-0.3, -0.25) is 19.7 Å². The zero-order valence-corrected chi connectivity index (χ0v) is 14.5. The molecule has 1 N–H and O–H groups in total. The van der Waals surface area contributed by atoms with Crippen molar-refractivity contribution in [2.75, 3.05) is 0 Å². The van der Waals surface area contributed by atoms with Crippen molar-refractivity contribution < 1.29 is 18.9 Å². The molecule has 2 heterocycles. The molecule has 7 nitrogen and oxygen atoms in total. The Bertz CT molecular complexity index is 975. The maximum absolute atomic E-state index is 12.2. The molecule has 132 valence electrons. The van der Waals surface area contributed by atoms with Crippen LogP contribution in [-0.2, 0) is 6.54 Å². The van der Waals surface area contributed by atoms with Crippen molar-refractivity contribution in [3.05, 3.63) is 85.5 Å². The molecule has 0 atom stereocenters. The summed E-state index contributed by atoms with van der Waals surface area (Å²) in [7, 11) is 0. The molecule has 26 heavy (non-hydrogen) atoms. The summed E-state index contributed by atoms with van der Waals surface area (Å²) in [6.45, 7) is 1.83. The third kappa shape index (κ3) is 3.70. The van der Waals surface area contributed by atoms with Crippen molar-refractivity contribution in [3.63, 3.8) is 0 Å². The van der Waals surface area contributed by atoms with Crippen LogP contribution in [0, 0.1) is 17.0 Å². The molecule has 1 amide bonds. The highest BCUT2D eigenvalue weighted by Crippen LogP contribution is 2.21. The third-order valence-electron chi connectivity index (χ3n) is 3.72. The van der Waals surface area contributed by atoms with Gasteiger partial charge in [0, 0.05) is 22.1 Å². The Morgan fingerprint density at radius 3 is 2.73 bits per heavy atom. The average Bonchev–Trinajstić information content (AvgIpc) is 3.31. The second-order valence-corrected chi connectivity index (χ2v) is 6.68. The highest BCUT2D eigenvalue weighted by Gasteiger charge is 2.16. The Morgan fingerprint density at radius 2 is 2.04 bits per heavy atom. The predicted octanol–water partition coefficient (Wildman–Crippen LogP) is 3.72. The molecule has 8 heteroatoms. The predicted molar refractivity (Wildman–Crippen MR) is 95.5 cm³/mol. The van der Waals surface area contributed by atoms with Gasteiger partial charge in [0.2, 0.25) is 5.78 Å². The SMILES string of the molecule is Cc1ccc(C(=O)NCc2ccc(C(=O)c3ccco3)s2)cc1[N+](=O)[O-]. The first-order valence-electron chi connectivity index (χ1n) is 7.66. The van der Waals surface area contributed by atoms with Gasteiger partial charge in [-0.25, -0.2) is 0 Å². The van der Waals surface area contributed by atoms with Gasteiger partial charge >= 0.3 is 0 Å². The maximum Gasteiger partial charge on any atom is 0.273 e. The van der Waals surface area contributed by atoms with E-state index in [9.17, 15) is 19.7 Å². The van der Waals surface area contributed by atoms with E-state index in [0.717, 1.165) is 4.88 Å². The Labute approximate surface area is 152 Å². The fourth-order valence-electron chi connectivity index (χ4n) is 2.34. The summed E-state index contributed by atoms with van der Waals surface area (Å²) in [6, 6.07) is 11.0. The van der Waals surface area contributed by atoms with Crippen LogP contribution >= 0.6 is 11.3 Å². The van der Waals surface area contributed by atoms with Gasteiger partial charge in [-0.1, -0.05) is 6.07 Å².